The molecule has 0 spiro atoms. The van der Waals surface area contributed by atoms with E-state index in [1.807, 2.05) is 12.1 Å². The molecule has 1 heterocycles. The van der Waals surface area contributed by atoms with E-state index in [1.54, 1.807) is 0 Å². The number of halogens is 2. The summed E-state index contributed by atoms with van der Waals surface area (Å²) in [4.78, 5) is 5.28. The summed E-state index contributed by atoms with van der Waals surface area (Å²) in [5.74, 6) is 3.47. The first-order valence-electron chi connectivity index (χ1n) is 14.3. The van der Waals surface area contributed by atoms with Crippen molar-refractivity contribution in [3.63, 3.8) is 0 Å². The molecule has 2 aromatic carbocycles. The number of nitrogens with zero attached hydrogens (tertiary/aromatic N) is 2. The topological polar surface area (TPSA) is 15.7 Å². The number of aryl methyl sites for hydroxylation is 3. The van der Waals surface area contributed by atoms with Crippen LogP contribution in [0.15, 0.2) is 36.4 Å². The van der Waals surface area contributed by atoms with Crippen LogP contribution in [0.3, 0.4) is 0 Å². The summed E-state index contributed by atoms with van der Waals surface area (Å²) in [6.07, 6.45) is 8.30. The van der Waals surface area contributed by atoms with Gasteiger partial charge < -0.3 is 0 Å². The Bertz CT molecular complexity index is 1310. The summed E-state index contributed by atoms with van der Waals surface area (Å²) in [5.41, 5.74) is 6.43. The molecule has 0 atom stereocenters. The molecular weight excluding hydrogens is 600 g/mol. The zero-order chi connectivity index (χ0) is 26.8. The van der Waals surface area contributed by atoms with Crippen molar-refractivity contribution >= 4 is 34.0 Å². The third kappa shape index (κ3) is 4.87. The zero-order valence-electron chi connectivity index (χ0n) is 23.4. The van der Waals surface area contributed by atoms with Gasteiger partial charge >= 0.3 is 240 Å². The molecule has 6 heteroatoms. The Morgan fingerprint density at radius 3 is 2.08 bits per heavy atom. The van der Waals surface area contributed by atoms with Gasteiger partial charge in [-0.1, -0.05) is 0 Å². The Balaban J connectivity index is 1.55. The summed E-state index contributed by atoms with van der Waals surface area (Å²) in [5, 5.41) is 0. The number of rotatable bonds is 5. The van der Waals surface area contributed by atoms with Crippen molar-refractivity contribution in [3.8, 4) is 5.75 Å². The van der Waals surface area contributed by atoms with Crippen LogP contribution in [0, 0.1) is 38.5 Å². The van der Waals surface area contributed by atoms with E-state index >= 15 is 0 Å². The quantitative estimate of drug-likeness (QED) is 0.309. The minimum absolute atomic E-state index is 0.0898. The molecule has 0 N–H and O–H groups in total. The molecule has 4 saturated carbocycles. The van der Waals surface area contributed by atoms with Crippen LogP contribution in [-0.2, 0) is 11.9 Å². The van der Waals surface area contributed by atoms with Gasteiger partial charge in [0.15, 0.2) is 0 Å². The average molecular weight is 643 g/mol. The minimum atomic E-state index is -3.53. The van der Waals surface area contributed by atoms with Crippen LogP contribution in [0.1, 0.15) is 74.6 Å². The molecule has 3 nitrogen and oxygen atoms in total. The van der Waals surface area contributed by atoms with Crippen molar-refractivity contribution in [1.29, 1.82) is 0 Å². The molecule has 212 valence electrons. The molecular formula is C32H42Cl2N2ORu-4. The van der Waals surface area contributed by atoms with Crippen molar-refractivity contribution in [2.45, 2.75) is 84.8 Å². The van der Waals surface area contributed by atoms with Crippen molar-refractivity contribution in [2.24, 2.45) is 17.8 Å². The molecule has 4 bridgehead atoms. The van der Waals surface area contributed by atoms with Crippen LogP contribution < -0.4 is 9.64 Å². The van der Waals surface area contributed by atoms with Gasteiger partial charge in [-0.05, 0) is 0 Å². The standard InChI is InChI=1S/C22H30N2.C10H12O.2ClH.Ru/c1-15-6-16(2)21(17(3)7-15)23-4-5-24(14-23)22-11-18-8-19(12-22)10-20(9-18)13-22;1-8(2)11-10-7-5-4-6-9(10)3;;;/h6-7,18-20H,4-5,8-13H2,1-3H3;3-8H,1-2H3;2*1H;/q;;;;-2/p-2. The molecule has 1 aliphatic heterocycles. The molecule has 2 aromatic rings. The molecule has 0 unspecified atom stereocenters. The van der Waals surface area contributed by atoms with E-state index < -0.39 is 11.9 Å². The van der Waals surface area contributed by atoms with Crippen molar-refractivity contribution in [1.82, 2.24) is 4.90 Å². The summed E-state index contributed by atoms with van der Waals surface area (Å²) in [7, 11) is 15.4. The molecule has 4 aliphatic carbocycles. The van der Waals surface area contributed by atoms with E-state index in [2.05, 4.69) is 73.3 Å². The predicted octanol–water partition coefficient (Wildman–Crippen LogP) is 7.89. The van der Waals surface area contributed by atoms with Gasteiger partial charge in [-0.2, -0.15) is 0 Å². The number of anilines is 1. The summed E-state index contributed by atoms with van der Waals surface area (Å²) in [6.45, 7) is 12.8. The van der Waals surface area contributed by atoms with E-state index in [1.165, 1.54) is 65.3 Å². The van der Waals surface area contributed by atoms with Gasteiger partial charge in [0, 0.05) is 0 Å². The number of hydrogen-bond donors (Lipinski definition) is 0. The van der Waals surface area contributed by atoms with E-state index in [0.29, 0.717) is 0 Å². The van der Waals surface area contributed by atoms with Gasteiger partial charge in [-0.25, -0.2) is 0 Å². The Morgan fingerprint density at radius 1 is 0.921 bits per heavy atom. The zero-order valence-corrected chi connectivity index (χ0v) is 26.7. The maximum absolute atomic E-state index is 7.71. The molecule has 0 amide bonds. The second kappa shape index (κ2) is 10.1. The van der Waals surface area contributed by atoms with E-state index in [0.717, 1.165) is 42.2 Å². The average Bonchev–Trinajstić information content (AvgIpc) is 3.25. The second-order valence-corrected chi connectivity index (χ2v) is 21.9. The Hall–Kier alpha value is -1.06. The van der Waals surface area contributed by atoms with Gasteiger partial charge in [0.05, 0.1) is 0 Å². The number of benzene rings is 2. The molecule has 5 fully saturated rings. The van der Waals surface area contributed by atoms with Crippen LogP contribution >= 0.6 is 19.4 Å². The molecule has 5 aliphatic rings. The van der Waals surface area contributed by atoms with Crippen molar-refractivity contribution in [3.05, 3.63) is 58.7 Å². The van der Waals surface area contributed by atoms with Gasteiger partial charge in [0.25, 0.3) is 0 Å². The fourth-order valence-electron chi connectivity index (χ4n) is 8.51. The van der Waals surface area contributed by atoms with Crippen LogP contribution in [0.25, 0.3) is 0 Å². The Labute approximate surface area is 239 Å². The van der Waals surface area contributed by atoms with Crippen LogP contribution in [-0.4, -0.2) is 38.6 Å². The molecule has 7 rings (SSSR count). The Morgan fingerprint density at radius 2 is 1.50 bits per heavy atom. The third-order valence-electron chi connectivity index (χ3n) is 9.19. The number of ether oxygens (including phenoxy) is 1. The summed E-state index contributed by atoms with van der Waals surface area (Å²) in [6, 6.07) is 12.8. The summed E-state index contributed by atoms with van der Waals surface area (Å²) < 4.78 is 9.59. The monoisotopic (exact) mass is 642 g/mol. The number of para-hydroxylation sites is 1. The van der Waals surface area contributed by atoms with Crippen LogP contribution in [0.2, 0.25) is 0 Å². The van der Waals surface area contributed by atoms with Crippen molar-refractivity contribution < 1.29 is 16.6 Å². The van der Waals surface area contributed by atoms with Crippen molar-refractivity contribution in [2.75, 3.05) is 18.0 Å². The fraction of sp³-hybridized carbons (Fsp3) is 0.562. The van der Waals surface area contributed by atoms with Gasteiger partial charge in [-0.15, -0.1) is 0 Å². The second-order valence-electron chi connectivity index (χ2n) is 12.7. The molecule has 0 aromatic heterocycles. The fourth-order valence-corrected chi connectivity index (χ4v) is 14.8. The maximum atomic E-state index is 7.71. The first-order valence-corrected chi connectivity index (χ1v) is 20.6. The molecule has 0 radical (unpaired) electrons. The van der Waals surface area contributed by atoms with Gasteiger partial charge in [0.2, 0.25) is 0 Å². The molecule has 1 saturated heterocycles. The summed E-state index contributed by atoms with van der Waals surface area (Å²) >= 11 is -3.53. The van der Waals surface area contributed by atoms with E-state index in [9.17, 15) is 0 Å². The van der Waals surface area contributed by atoms with E-state index in [4.69, 9.17) is 24.1 Å². The van der Waals surface area contributed by atoms with E-state index in [-0.39, 0.29) is 11.6 Å². The SMILES string of the molecule is Cc1cc(C)c(N2CCN(C34CC5CC(CC(C5)C3)C4)[C]2=[Ru-4]([Cl])([Cl])=[CH]c2ccccc2OC(C)C)c(C)c1. The third-order valence-corrected chi connectivity index (χ3v) is 14.7. The van der Waals surface area contributed by atoms with Crippen LogP contribution in [0.5, 0.6) is 5.75 Å². The normalized spacial score (nSPS) is 29.4. The molecule has 38 heavy (non-hydrogen) atoms. The van der Waals surface area contributed by atoms with Gasteiger partial charge in [-0.3, -0.25) is 0 Å². The van der Waals surface area contributed by atoms with Gasteiger partial charge in [0.1, 0.15) is 0 Å². The predicted molar refractivity (Wildman–Crippen MR) is 160 cm³/mol. The number of hydrogen-bond acceptors (Lipinski definition) is 3. The first-order chi connectivity index (χ1) is 18.0. The van der Waals surface area contributed by atoms with Crippen LogP contribution in [0.4, 0.5) is 5.69 Å². The Kier molecular flexibility index (Phi) is 7.21. The first kappa shape index (κ1) is 27.1.